The molecule has 26 heavy (non-hydrogen) atoms. The van der Waals surface area contributed by atoms with Crippen LogP contribution in [0.3, 0.4) is 0 Å². The molecule has 128 valence electrons. The van der Waals surface area contributed by atoms with Gasteiger partial charge < -0.3 is 4.57 Å². The number of hydrazone groups is 1. The highest BCUT2D eigenvalue weighted by atomic mass is 35.5. The van der Waals surface area contributed by atoms with Gasteiger partial charge in [-0.15, -0.1) is 0 Å². The zero-order chi connectivity index (χ0) is 17.9. The second kappa shape index (κ2) is 7.02. The molecule has 0 unspecified atom stereocenters. The Morgan fingerprint density at radius 1 is 0.923 bits per heavy atom. The molecular weight excluding hydrogens is 346 g/mol. The van der Waals surface area contributed by atoms with Crippen LogP contribution in [0.15, 0.2) is 77.9 Å². The molecule has 1 amide bonds. The number of nitrogens with one attached hydrogen (secondary N) is 1. The Hall–Kier alpha value is -3.11. The van der Waals surface area contributed by atoms with Crippen LogP contribution in [-0.4, -0.2) is 16.7 Å². The maximum absolute atomic E-state index is 12.4. The minimum Gasteiger partial charge on any atom is -0.331 e. The number of rotatable bonds is 4. The maximum Gasteiger partial charge on any atom is 0.260 e. The number of amides is 1. The van der Waals surface area contributed by atoms with Crippen LogP contribution >= 0.6 is 11.6 Å². The smallest absolute Gasteiger partial charge is 0.260 e. The fraction of sp³-hybridized carbons (Fsp3) is 0.0476. The van der Waals surface area contributed by atoms with E-state index < -0.39 is 0 Å². The lowest BCUT2D eigenvalue weighted by Crippen LogP contribution is -2.23. The summed E-state index contributed by atoms with van der Waals surface area (Å²) in [7, 11) is 0. The molecule has 0 bridgehead atoms. The summed E-state index contributed by atoms with van der Waals surface area (Å²) in [5, 5.41) is 6.97. The average Bonchev–Trinajstić information content (AvgIpc) is 2.98. The zero-order valence-corrected chi connectivity index (χ0v) is 14.6. The summed E-state index contributed by atoms with van der Waals surface area (Å²) >= 11 is 5.85. The molecule has 0 fully saturated rings. The van der Waals surface area contributed by atoms with Crippen molar-refractivity contribution in [2.75, 3.05) is 0 Å². The van der Waals surface area contributed by atoms with Gasteiger partial charge in [-0.25, -0.2) is 5.43 Å². The normalized spacial score (nSPS) is 11.4. The van der Waals surface area contributed by atoms with Gasteiger partial charge >= 0.3 is 0 Å². The number of carbonyl (C=O) groups excluding carboxylic acids is 1. The van der Waals surface area contributed by atoms with Crippen molar-refractivity contribution in [3.05, 3.63) is 83.4 Å². The molecule has 0 aliphatic rings. The Kier molecular flexibility index (Phi) is 4.42. The minimum absolute atomic E-state index is 0.179. The summed E-state index contributed by atoms with van der Waals surface area (Å²) in [5.74, 6) is -0.179. The lowest BCUT2D eigenvalue weighted by atomic mass is 10.2. The van der Waals surface area contributed by atoms with E-state index in [0.29, 0.717) is 5.02 Å². The van der Waals surface area contributed by atoms with Gasteiger partial charge in [-0.3, -0.25) is 4.79 Å². The summed E-state index contributed by atoms with van der Waals surface area (Å²) in [5.41, 5.74) is 5.52. The van der Waals surface area contributed by atoms with Crippen LogP contribution in [0.1, 0.15) is 5.56 Å². The molecule has 4 nitrogen and oxygen atoms in total. The van der Waals surface area contributed by atoms with E-state index in [9.17, 15) is 4.79 Å². The number of benzene rings is 3. The van der Waals surface area contributed by atoms with Gasteiger partial charge in [0.15, 0.2) is 0 Å². The molecule has 0 saturated heterocycles. The third-order valence-electron chi connectivity index (χ3n) is 4.25. The fourth-order valence-electron chi connectivity index (χ4n) is 3.08. The molecular formula is C21H16ClN3O. The molecule has 3 aromatic carbocycles. The van der Waals surface area contributed by atoms with E-state index in [1.54, 1.807) is 18.3 Å². The van der Waals surface area contributed by atoms with Crippen LogP contribution in [0.5, 0.6) is 0 Å². The van der Waals surface area contributed by atoms with E-state index in [1.807, 2.05) is 53.1 Å². The van der Waals surface area contributed by atoms with E-state index in [0.717, 1.165) is 27.4 Å². The zero-order valence-electron chi connectivity index (χ0n) is 13.9. The molecule has 1 N–H and O–H groups in total. The quantitative estimate of drug-likeness (QED) is 0.419. The highest BCUT2D eigenvalue weighted by molar-refractivity contribution is 6.30. The van der Waals surface area contributed by atoms with Crippen molar-refractivity contribution in [3.63, 3.8) is 0 Å². The molecule has 0 aliphatic heterocycles. The number of halogens is 1. The Bertz CT molecular complexity index is 1060. The van der Waals surface area contributed by atoms with Crippen molar-refractivity contribution in [1.82, 2.24) is 9.99 Å². The monoisotopic (exact) mass is 361 g/mol. The predicted octanol–water partition coefficient (Wildman–Crippen LogP) is 4.60. The fourth-order valence-corrected chi connectivity index (χ4v) is 3.21. The van der Waals surface area contributed by atoms with Crippen LogP contribution in [0.4, 0.5) is 0 Å². The molecule has 0 saturated carbocycles. The summed E-state index contributed by atoms with van der Waals surface area (Å²) in [6.45, 7) is 0.200. The van der Waals surface area contributed by atoms with Crippen LogP contribution in [0.2, 0.25) is 5.02 Å². The maximum atomic E-state index is 12.4. The van der Waals surface area contributed by atoms with Crippen LogP contribution in [0.25, 0.3) is 21.8 Å². The van der Waals surface area contributed by atoms with Gasteiger partial charge in [0.1, 0.15) is 6.54 Å². The number of hydrogen-bond donors (Lipinski definition) is 1. The number of aromatic nitrogens is 1. The number of para-hydroxylation sites is 2. The second-order valence-electron chi connectivity index (χ2n) is 5.97. The predicted molar refractivity (Wildman–Crippen MR) is 107 cm³/mol. The van der Waals surface area contributed by atoms with Gasteiger partial charge in [-0.1, -0.05) is 60.1 Å². The number of fused-ring (bicyclic) bond motifs is 3. The lowest BCUT2D eigenvalue weighted by molar-refractivity contribution is -0.121. The first kappa shape index (κ1) is 16.4. The van der Waals surface area contributed by atoms with Crippen LogP contribution < -0.4 is 5.43 Å². The van der Waals surface area contributed by atoms with Crippen molar-refractivity contribution in [2.24, 2.45) is 5.10 Å². The molecule has 0 spiro atoms. The van der Waals surface area contributed by atoms with Crippen molar-refractivity contribution < 1.29 is 4.79 Å². The molecule has 0 aliphatic carbocycles. The Morgan fingerprint density at radius 2 is 1.50 bits per heavy atom. The third kappa shape index (κ3) is 3.19. The minimum atomic E-state index is -0.179. The summed E-state index contributed by atoms with van der Waals surface area (Å²) in [6, 6.07) is 23.4. The first-order valence-corrected chi connectivity index (χ1v) is 8.63. The molecule has 0 atom stereocenters. The van der Waals surface area contributed by atoms with Crippen molar-refractivity contribution in [3.8, 4) is 0 Å². The van der Waals surface area contributed by atoms with Gasteiger partial charge in [0.05, 0.1) is 6.21 Å². The van der Waals surface area contributed by atoms with E-state index >= 15 is 0 Å². The van der Waals surface area contributed by atoms with Crippen molar-refractivity contribution in [1.29, 1.82) is 0 Å². The summed E-state index contributed by atoms with van der Waals surface area (Å²) < 4.78 is 2.01. The Morgan fingerprint density at radius 3 is 2.12 bits per heavy atom. The molecule has 0 radical (unpaired) electrons. The summed E-state index contributed by atoms with van der Waals surface area (Å²) in [6.07, 6.45) is 1.60. The second-order valence-corrected chi connectivity index (χ2v) is 6.40. The van der Waals surface area contributed by atoms with Gasteiger partial charge in [0.2, 0.25) is 0 Å². The van der Waals surface area contributed by atoms with Crippen LogP contribution in [-0.2, 0) is 11.3 Å². The van der Waals surface area contributed by atoms with Gasteiger partial charge in [-0.2, -0.15) is 5.10 Å². The third-order valence-corrected chi connectivity index (χ3v) is 4.51. The van der Waals surface area contributed by atoms with Gasteiger partial charge in [-0.05, 0) is 29.8 Å². The SMILES string of the molecule is O=C(Cn1c2ccccc2c2ccccc21)N/N=C/c1ccc(Cl)cc1. The molecule has 5 heteroatoms. The van der Waals surface area contributed by atoms with E-state index in [1.165, 1.54) is 0 Å². The summed E-state index contributed by atoms with van der Waals surface area (Å²) in [4.78, 5) is 12.4. The number of nitrogens with zero attached hydrogens (tertiary/aromatic N) is 2. The molecule has 4 rings (SSSR count). The highest BCUT2D eigenvalue weighted by Crippen LogP contribution is 2.28. The first-order chi connectivity index (χ1) is 12.7. The molecule has 4 aromatic rings. The molecule has 1 aromatic heterocycles. The van der Waals surface area contributed by atoms with Gasteiger partial charge in [0.25, 0.3) is 5.91 Å². The van der Waals surface area contributed by atoms with E-state index in [-0.39, 0.29) is 12.5 Å². The molecule has 1 heterocycles. The standard InChI is InChI=1S/C21H16ClN3O/c22-16-11-9-15(10-12-16)13-23-24-21(26)14-25-19-7-3-1-5-17(19)18-6-2-4-8-20(18)25/h1-13H,14H2,(H,24,26)/b23-13+. The largest absolute Gasteiger partial charge is 0.331 e. The van der Waals surface area contributed by atoms with E-state index in [2.05, 4.69) is 22.7 Å². The van der Waals surface area contributed by atoms with Crippen LogP contribution in [0, 0.1) is 0 Å². The Balaban J connectivity index is 1.56. The Labute approximate surface area is 155 Å². The number of hydrogen-bond acceptors (Lipinski definition) is 2. The number of carbonyl (C=O) groups is 1. The lowest BCUT2D eigenvalue weighted by Gasteiger charge is -2.06. The van der Waals surface area contributed by atoms with Crippen molar-refractivity contribution in [2.45, 2.75) is 6.54 Å². The highest BCUT2D eigenvalue weighted by Gasteiger charge is 2.11. The van der Waals surface area contributed by atoms with E-state index in [4.69, 9.17) is 11.6 Å². The first-order valence-electron chi connectivity index (χ1n) is 8.26. The van der Waals surface area contributed by atoms with Gasteiger partial charge in [0, 0.05) is 26.8 Å². The topological polar surface area (TPSA) is 46.4 Å². The van der Waals surface area contributed by atoms with Crippen molar-refractivity contribution >= 4 is 45.5 Å². The average molecular weight is 362 g/mol.